The molecule has 2 aromatic carbocycles. The summed E-state index contributed by atoms with van der Waals surface area (Å²) < 4.78 is 0. The van der Waals surface area contributed by atoms with Crippen molar-refractivity contribution in [2.45, 2.75) is 31.3 Å². The molecule has 126 valence electrons. The summed E-state index contributed by atoms with van der Waals surface area (Å²) in [6, 6.07) is 20.6. The number of nitrogens with one attached hydrogen (secondary N) is 1. The molecule has 3 aliphatic heterocycles. The van der Waals surface area contributed by atoms with Gasteiger partial charge < -0.3 is 10.2 Å². The minimum absolute atomic E-state index is 0.481. The van der Waals surface area contributed by atoms with E-state index in [0.717, 1.165) is 23.4 Å². The molecule has 2 aromatic rings. The number of halogens is 1. The first-order valence-electron chi connectivity index (χ1n) is 9.26. The highest BCUT2D eigenvalue weighted by atomic mass is 35.5. The lowest BCUT2D eigenvalue weighted by molar-refractivity contribution is -0.945. The normalized spacial score (nSPS) is 27.1. The molecule has 0 aliphatic carbocycles. The zero-order valence-electron chi connectivity index (χ0n) is 14.1. The maximum Gasteiger partial charge on any atom is 0.139 e. The number of nitrogens with two attached hydrogens (primary N) is 1. The number of quaternary nitrogens is 2. The van der Waals surface area contributed by atoms with Crippen molar-refractivity contribution >= 4 is 11.6 Å². The van der Waals surface area contributed by atoms with E-state index in [0.29, 0.717) is 6.04 Å². The third kappa shape index (κ3) is 3.66. The van der Waals surface area contributed by atoms with Crippen molar-refractivity contribution in [3.8, 4) is 0 Å². The van der Waals surface area contributed by atoms with E-state index in [1.807, 2.05) is 17.0 Å². The van der Waals surface area contributed by atoms with Crippen LogP contribution in [0.4, 0.5) is 0 Å². The Bertz CT molecular complexity index is 647. The molecule has 3 aliphatic rings. The van der Waals surface area contributed by atoms with Crippen LogP contribution in [-0.4, -0.2) is 25.7 Å². The van der Waals surface area contributed by atoms with Gasteiger partial charge in [0.25, 0.3) is 0 Å². The van der Waals surface area contributed by atoms with Crippen LogP contribution in [-0.2, 0) is 6.42 Å². The Hall–Kier alpha value is -1.35. The van der Waals surface area contributed by atoms with Gasteiger partial charge in [0.05, 0.1) is 13.1 Å². The van der Waals surface area contributed by atoms with E-state index < -0.39 is 0 Å². The molecule has 3 saturated heterocycles. The second kappa shape index (κ2) is 7.26. The Morgan fingerprint density at radius 3 is 2.33 bits per heavy atom. The second-order valence-electron chi connectivity index (χ2n) is 7.50. The average Bonchev–Trinajstić information content (AvgIpc) is 2.64. The maximum absolute atomic E-state index is 6.11. The van der Waals surface area contributed by atoms with Crippen molar-refractivity contribution in [3.05, 3.63) is 70.7 Å². The third-order valence-corrected chi connectivity index (χ3v) is 6.20. The van der Waals surface area contributed by atoms with Crippen LogP contribution >= 0.6 is 11.6 Å². The quantitative estimate of drug-likeness (QED) is 0.827. The fourth-order valence-electron chi connectivity index (χ4n) is 4.58. The van der Waals surface area contributed by atoms with E-state index in [1.165, 1.54) is 43.6 Å². The molecular weight excluding hydrogens is 316 g/mol. The second-order valence-corrected chi connectivity index (χ2v) is 7.93. The van der Waals surface area contributed by atoms with E-state index in [1.54, 1.807) is 0 Å². The van der Waals surface area contributed by atoms with Gasteiger partial charge in [-0.25, -0.2) is 0 Å². The molecule has 2 atom stereocenters. The molecule has 0 saturated carbocycles. The van der Waals surface area contributed by atoms with Gasteiger partial charge in [0.2, 0.25) is 0 Å². The zero-order valence-corrected chi connectivity index (χ0v) is 14.9. The predicted molar refractivity (Wildman–Crippen MR) is 98.3 cm³/mol. The van der Waals surface area contributed by atoms with Crippen molar-refractivity contribution in [3.63, 3.8) is 0 Å². The van der Waals surface area contributed by atoms with E-state index >= 15 is 0 Å². The summed E-state index contributed by atoms with van der Waals surface area (Å²) in [5.74, 6) is 0.910. The summed E-state index contributed by atoms with van der Waals surface area (Å²) in [6.45, 7) is 4.11. The van der Waals surface area contributed by atoms with E-state index in [-0.39, 0.29) is 0 Å². The first-order chi connectivity index (χ1) is 11.8. The number of fused-ring (bicyclic) bond motifs is 3. The summed E-state index contributed by atoms with van der Waals surface area (Å²) in [5.41, 5.74) is 2.82. The van der Waals surface area contributed by atoms with Crippen LogP contribution in [0.15, 0.2) is 54.6 Å². The Kier molecular flexibility index (Phi) is 4.88. The molecule has 3 fully saturated rings. The Morgan fingerprint density at radius 2 is 1.71 bits per heavy atom. The fourth-order valence-corrected chi connectivity index (χ4v) is 4.71. The largest absolute Gasteiger partial charge is 0.332 e. The lowest BCUT2D eigenvalue weighted by Gasteiger charge is -2.41. The molecule has 3 heterocycles. The monoisotopic (exact) mass is 342 g/mol. The lowest BCUT2D eigenvalue weighted by Crippen LogP contribution is -3.20. The van der Waals surface area contributed by atoms with Crippen LogP contribution < -0.4 is 10.2 Å². The molecule has 2 nitrogen and oxygen atoms in total. The molecule has 2 bridgehead atoms. The van der Waals surface area contributed by atoms with Gasteiger partial charge in [0.1, 0.15) is 18.6 Å². The minimum Gasteiger partial charge on any atom is -0.332 e. The van der Waals surface area contributed by atoms with E-state index in [2.05, 4.69) is 47.8 Å². The van der Waals surface area contributed by atoms with Crippen molar-refractivity contribution in [1.82, 2.24) is 0 Å². The predicted octanol–water partition coefficient (Wildman–Crippen LogP) is 1.86. The molecular formula is C21H27ClN2+2. The molecule has 5 rings (SSSR count). The minimum atomic E-state index is 0.481. The average molecular weight is 343 g/mol. The Morgan fingerprint density at radius 1 is 1.00 bits per heavy atom. The van der Waals surface area contributed by atoms with Crippen molar-refractivity contribution in [2.24, 2.45) is 5.92 Å². The van der Waals surface area contributed by atoms with Gasteiger partial charge in [0, 0.05) is 35.8 Å². The topological polar surface area (TPSA) is 21.1 Å². The highest BCUT2D eigenvalue weighted by Crippen LogP contribution is 2.21. The summed E-state index contributed by atoms with van der Waals surface area (Å²) in [5, 5.41) is 3.49. The number of benzene rings is 2. The first-order valence-corrected chi connectivity index (χ1v) is 9.63. The number of rotatable bonds is 5. The number of hydrogen-bond donors (Lipinski definition) is 2. The van der Waals surface area contributed by atoms with Gasteiger partial charge in [-0.1, -0.05) is 54.1 Å². The van der Waals surface area contributed by atoms with Gasteiger partial charge >= 0.3 is 0 Å². The van der Waals surface area contributed by atoms with Crippen molar-refractivity contribution in [2.75, 3.05) is 19.6 Å². The Balaban J connectivity index is 1.54. The first kappa shape index (κ1) is 16.1. The van der Waals surface area contributed by atoms with Gasteiger partial charge in [-0.2, -0.15) is 0 Å². The summed E-state index contributed by atoms with van der Waals surface area (Å²) in [7, 11) is 0. The number of hydrogen-bond acceptors (Lipinski definition) is 0. The maximum atomic E-state index is 6.11. The highest BCUT2D eigenvalue weighted by molar-refractivity contribution is 6.30. The van der Waals surface area contributed by atoms with Crippen LogP contribution in [0, 0.1) is 5.92 Å². The summed E-state index contributed by atoms with van der Waals surface area (Å²) in [4.78, 5) is 1.81. The van der Waals surface area contributed by atoms with Crippen LogP contribution in [0.5, 0.6) is 0 Å². The Labute approximate surface area is 149 Å². The lowest BCUT2D eigenvalue weighted by atomic mass is 9.83. The van der Waals surface area contributed by atoms with Gasteiger partial charge in [-0.3, -0.25) is 0 Å². The van der Waals surface area contributed by atoms with Gasteiger partial charge in [0.15, 0.2) is 0 Å². The fraction of sp³-hybridized carbons (Fsp3) is 0.429. The molecule has 0 unspecified atom stereocenters. The molecule has 0 spiro atoms. The molecule has 3 N–H and O–H groups in total. The number of piperidine rings is 3. The van der Waals surface area contributed by atoms with Crippen LogP contribution in [0.2, 0.25) is 5.02 Å². The van der Waals surface area contributed by atoms with Crippen LogP contribution in [0.25, 0.3) is 0 Å². The molecule has 24 heavy (non-hydrogen) atoms. The van der Waals surface area contributed by atoms with Crippen LogP contribution in [0.1, 0.15) is 30.0 Å². The smallest absolute Gasteiger partial charge is 0.139 e. The molecule has 3 heteroatoms. The van der Waals surface area contributed by atoms with E-state index in [9.17, 15) is 0 Å². The molecule has 0 radical (unpaired) electrons. The third-order valence-electron chi connectivity index (χ3n) is 5.94. The molecule has 0 aromatic heterocycles. The SMILES string of the molecule is Clc1ccc([C@@H](Cc2ccccc2)[NH2+][C@@H]2C[NH+]3CCC2CC3)cc1. The van der Waals surface area contributed by atoms with E-state index in [4.69, 9.17) is 11.6 Å². The van der Waals surface area contributed by atoms with Crippen molar-refractivity contribution < 1.29 is 10.2 Å². The summed E-state index contributed by atoms with van der Waals surface area (Å²) in [6.07, 6.45) is 3.91. The van der Waals surface area contributed by atoms with Gasteiger partial charge in [-0.05, 0) is 17.7 Å². The van der Waals surface area contributed by atoms with Crippen molar-refractivity contribution in [1.29, 1.82) is 0 Å². The summed E-state index contributed by atoms with van der Waals surface area (Å²) >= 11 is 6.11. The van der Waals surface area contributed by atoms with Crippen LogP contribution in [0.3, 0.4) is 0 Å². The standard InChI is InChI=1S/C21H25ClN2/c22-19-8-6-17(7-9-19)20(14-16-4-2-1-3-5-16)23-21-15-24-12-10-18(21)11-13-24/h1-9,18,20-21,23H,10-15H2/p+2/t20-,21-/m1/s1. The zero-order chi connectivity index (χ0) is 16.4. The molecule has 0 amide bonds. The van der Waals surface area contributed by atoms with Gasteiger partial charge in [-0.15, -0.1) is 0 Å². The highest BCUT2D eigenvalue weighted by Gasteiger charge is 2.41.